The van der Waals surface area contributed by atoms with E-state index in [1.165, 1.54) is 36.0 Å². The molecule has 2 N–H and O–H groups in total. The smallest absolute Gasteiger partial charge is 0.00715 e. The number of hydrogen-bond acceptors (Lipinski definition) is 1. The lowest BCUT2D eigenvalue weighted by Crippen LogP contribution is -2.18. The van der Waals surface area contributed by atoms with Gasteiger partial charge in [-0.05, 0) is 67.2 Å². The molecule has 0 bridgehead atoms. The topological polar surface area (TPSA) is 26.0 Å². The fourth-order valence-corrected chi connectivity index (χ4v) is 3.58. The molecule has 0 aromatic heterocycles. The number of allylic oxidation sites excluding steroid dienone is 3. The maximum Gasteiger partial charge on any atom is -0.00715 e. The first-order valence-electron chi connectivity index (χ1n) is 8.62. The van der Waals surface area contributed by atoms with Crippen LogP contribution in [0.15, 0.2) is 41.5 Å². The van der Waals surface area contributed by atoms with Gasteiger partial charge in [-0.25, -0.2) is 0 Å². The Kier molecular flexibility index (Phi) is 5.63. The van der Waals surface area contributed by atoms with Gasteiger partial charge in [0.15, 0.2) is 0 Å². The van der Waals surface area contributed by atoms with E-state index < -0.39 is 0 Å². The highest BCUT2D eigenvalue weighted by Gasteiger charge is 2.26. The van der Waals surface area contributed by atoms with Crippen LogP contribution in [0.25, 0.3) is 6.08 Å². The molecule has 1 heteroatoms. The van der Waals surface area contributed by atoms with E-state index >= 15 is 0 Å². The zero-order valence-electron chi connectivity index (χ0n) is 14.7. The molecule has 2 rings (SSSR count). The Hall–Kier alpha value is -1.34. The van der Waals surface area contributed by atoms with E-state index in [1.807, 2.05) is 0 Å². The van der Waals surface area contributed by atoms with Crippen molar-refractivity contribution in [3.63, 3.8) is 0 Å². The minimum atomic E-state index is 0.309. The predicted molar refractivity (Wildman–Crippen MR) is 97.9 cm³/mol. The van der Waals surface area contributed by atoms with Crippen LogP contribution in [0.1, 0.15) is 70.4 Å². The molecule has 0 aliphatic heterocycles. The summed E-state index contributed by atoms with van der Waals surface area (Å²) in [6.45, 7) is 10.0. The van der Waals surface area contributed by atoms with Crippen molar-refractivity contribution in [3.05, 3.63) is 52.6 Å². The lowest BCUT2D eigenvalue weighted by molar-refractivity contribution is 0.377. The molecule has 1 aromatic carbocycles. The number of hydrogen-bond donors (Lipinski definition) is 1. The predicted octanol–water partition coefficient (Wildman–Crippen LogP) is 5.68. The molecule has 1 aromatic rings. The average Bonchev–Trinajstić information content (AvgIpc) is 2.46. The van der Waals surface area contributed by atoms with Crippen molar-refractivity contribution in [1.82, 2.24) is 0 Å². The highest BCUT2D eigenvalue weighted by molar-refractivity contribution is 5.55. The Morgan fingerprint density at radius 1 is 1.27 bits per heavy atom. The summed E-state index contributed by atoms with van der Waals surface area (Å²) in [5.74, 6) is 0.533. The monoisotopic (exact) mass is 297 g/mol. The van der Waals surface area contributed by atoms with Crippen LogP contribution in [0, 0.1) is 5.41 Å². The molecule has 0 heterocycles. The van der Waals surface area contributed by atoms with Gasteiger partial charge in [-0.3, -0.25) is 0 Å². The summed E-state index contributed by atoms with van der Waals surface area (Å²) in [4.78, 5) is 0. The van der Waals surface area contributed by atoms with Crippen LogP contribution in [0.2, 0.25) is 0 Å². The molecule has 0 fully saturated rings. The quantitative estimate of drug-likeness (QED) is 0.743. The first-order valence-corrected chi connectivity index (χ1v) is 8.62. The maximum atomic E-state index is 5.69. The molecule has 1 aliphatic rings. The highest BCUT2D eigenvalue weighted by Crippen LogP contribution is 2.41. The number of nitrogens with two attached hydrogens (primary N) is 1. The lowest BCUT2D eigenvalue weighted by Gasteiger charge is -2.32. The third-order valence-corrected chi connectivity index (χ3v) is 5.06. The second-order valence-electron chi connectivity index (χ2n) is 7.41. The Labute approximate surface area is 136 Å². The van der Waals surface area contributed by atoms with Gasteiger partial charge < -0.3 is 5.73 Å². The van der Waals surface area contributed by atoms with Crippen LogP contribution in [0.3, 0.4) is 0 Å². The summed E-state index contributed by atoms with van der Waals surface area (Å²) >= 11 is 0. The fourth-order valence-electron chi connectivity index (χ4n) is 3.58. The Morgan fingerprint density at radius 3 is 2.73 bits per heavy atom. The van der Waals surface area contributed by atoms with Crippen molar-refractivity contribution in [2.75, 3.05) is 6.54 Å². The molecule has 0 amide bonds. The van der Waals surface area contributed by atoms with Crippen molar-refractivity contribution in [1.29, 1.82) is 0 Å². The third-order valence-electron chi connectivity index (χ3n) is 5.06. The summed E-state index contributed by atoms with van der Waals surface area (Å²) < 4.78 is 0. The van der Waals surface area contributed by atoms with Gasteiger partial charge in [0.25, 0.3) is 0 Å². The fraction of sp³-hybridized carbons (Fsp3) is 0.524. The summed E-state index contributed by atoms with van der Waals surface area (Å²) in [6, 6.07) is 8.88. The maximum absolute atomic E-state index is 5.69. The van der Waals surface area contributed by atoms with E-state index in [0.29, 0.717) is 11.3 Å². The van der Waals surface area contributed by atoms with Crippen LogP contribution in [-0.4, -0.2) is 6.54 Å². The molecule has 0 radical (unpaired) electrons. The van der Waals surface area contributed by atoms with Gasteiger partial charge in [-0.1, -0.05) is 62.8 Å². The molecular weight excluding hydrogens is 266 g/mol. The van der Waals surface area contributed by atoms with Crippen molar-refractivity contribution >= 4 is 6.08 Å². The summed E-state index contributed by atoms with van der Waals surface area (Å²) in [7, 11) is 0. The Morgan fingerprint density at radius 2 is 2.05 bits per heavy atom. The Bertz CT molecular complexity index is 563. The van der Waals surface area contributed by atoms with Crippen LogP contribution in [-0.2, 0) is 0 Å². The number of rotatable bonds is 5. The minimum absolute atomic E-state index is 0.309. The van der Waals surface area contributed by atoms with Gasteiger partial charge in [0.1, 0.15) is 0 Å². The zero-order valence-corrected chi connectivity index (χ0v) is 14.7. The van der Waals surface area contributed by atoms with Gasteiger partial charge in [0.05, 0.1) is 0 Å². The second kappa shape index (κ2) is 7.28. The van der Waals surface area contributed by atoms with E-state index in [4.69, 9.17) is 5.73 Å². The van der Waals surface area contributed by atoms with Gasteiger partial charge in [0.2, 0.25) is 0 Å². The van der Waals surface area contributed by atoms with E-state index in [1.54, 1.807) is 5.57 Å². The van der Waals surface area contributed by atoms with Crippen LogP contribution < -0.4 is 5.73 Å². The summed E-state index contributed by atoms with van der Waals surface area (Å²) in [5.41, 5.74) is 11.8. The van der Waals surface area contributed by atoms with Crippen molar-refractivity contribution < 1.29 is 0 Å². The summed E-state index contributed by atoms with van der Waals surface area (Å²) in [6.07, 6.45) is 9.53. The molecule has 0 saturated carbocycles. The second-order valence-corrected chi connectivity index (χ2v) is 7.41. The highest BCUT2D eigenvalue weighted by atomic mass is 14.5. The van der Waals surface area contributed by atoms with Gasteiger partial charge in [-0.2, -0.15) is 0 Å². The number of benzene rings is 1. The molecule has 22 heavy (non-hydrogen) atoms. The molecule has 1 unspecified atom stereocenters. The van der Waals surface area contributed by atoms with Crippen molar-refractivity contribution in [2.24, 2.45) is 11.1 Å². The standard InChI is InChI=1S/C21H31N/c1-16(12-14-22)19-9-5-8-18(15-19)10-11-20-17(2)7-6-13-21(20,3)4/h5,8-11,15-16H,6-7,12-14,22H2,1-4H3/b11-10+. The van der Waals surface area contributed by atoms with Gasteiger partial charge >= 0.3 is 0 Å². The molecule has 1 atom stereocenters. The average molecular weight is 297 g/mol. The van der Waals surface area contributed by atoms with Crippen LogP contribution in [0.5, 0.6) is 0 Å². The molecular formula is C21H31N. The van der Waals surface area contributed by atoms with E-state index in [2.05, 4.69) is 64.1 Å². The lowest BCUT2D eigenvalue weighted by atomic mass is 9.72. The molecule has 0 spiro atoms. The largest absolute Gasteiger partial charge is 0.330 e. The van der Waals surface area contributed by atoms with Gasteiger partial charge in [0, 0.05) is 0 Å². The van der Waals surface area contributed by atoms with Crippen molar-refractivity contribution in [3.8, 4) is 0 Å². The first-order chi connectivity index (χ1) is 10.4. The van der Waals surface area contributed by atoms with E-state index in [0.717, 1.165) is 13.0 Å². The molecule has 1 nitrogen and oxygen atoms in total. The minimum Gasteiger partial charge on any atom is -0.330 e. The summed E-state index contributed by atoms with van der Waals surface area (Å²) in [5, 5.41) is 0. The molecule has 1 aliphatic carbocycles. The SMILES string of the molecule is CC1=C(/C=C/c2cccc(C(C)CCN)c2)C(C)(C)CCC1. The van der Waals surface area contributed by atoms with E-state index in [9.17, 15) is 0 Å². The van der Waals surface area contributed by atoms with Crippen LogP contribution >= 0.6 is 0 Å². The van der Waals surface area contributed by atoms with Gasteiger partial charge in [-0.15, -0.1) is 0 Å². The molecule has 120 valence electrons. The van der Waals surface area contributed by atoms with Crippen LogP contribution in [0.4, 0.5) is 0 Å². The zero-order chi connectivity index (χ0) is 16.2. The van der Waals surface area contributed by atoms with E-state index in [-0.39, 0.29) is 0 Å². The molecule has 0 saturated heterocycles. The first kappa shape index (κ1) is 17.0. The third kappa shape index (κ3) is 4.10. The Balaban J connectivity index is 2.21. The normalized spacial score (nSPS) is 19.7. The van der Waals surface area contributed by atoms with Crippen molar-refractivity contribution in [2.45, 2.75) is 59.3 Å².